The highest BCUT2D eigenvalue weighted by Crippen LogP contribution is 2.46. The second-order valence-electron chi connectivity index (χ2n) is 4.75. The van der Waals surface area contributed by atoms with Crippen LogP contribution in [0.15, 0.2) is 21.5 Å². The average Bonchev–Trinajstić information content (AvgIpc) is 3.19. The molecule has 1 saturated carbocycles. The van der Waals surface area contributed by atoms with Gasteiger partial charge in [0.05, 0.1) is 6.61 Å². The summed E-state index contributed by atoms with van der Waals surface area (Å²) < 4.78 is 41.3. The predicted octanol–water partition coefficient (Wildman–Crippen LogP) is 2.25. The Labute approximate surface area is 130 Å². The number of sulfonamides is 1. The summed E-state index contributed by atoms with van der Waals surface area (Å²) in [4.78, 5) is -0.437. The summed E-state index contributed by atoms with van der Waals surface area (Å²) in [6.45, 7) is -0.264. The van der Waals surface area contributed by atoms with Crippen molar-refractivity contribution in [3.05, 3.63) is 28.0 Å². The molecule has 0 aliphatic heterocycles. The first-order valence-electron chi connectivity index (χ1n) is 5.97. The van der Waals surface area contributed by atoms with Crippen molar-refractivity contribution in [3.63, 3.8) is 0 Å². The molecule has 1 aromatic rings. The van der Waals surface area contributed by atoms with Crippen molar-refractivity contribution in [1.29, 1.82) is 0 Å². The van der Waals surface area contributed by atoms with Gasteiger partial charge in [-0.2, -0.15) is 11.8 Å². The summed E-state index contributed by atoms with van der Waals surface area (Å²) in [5.41, 5.74) is -0.0502. The minimum absolute atomic E-state index is 0.0463. The molecule has 1 aliphatic rings. The van der Waals surface area contributed by atoms with Gasteiger partial charge >= 0.3 is 0 Å². The van der Waals surface area contributed by atoms with Crippen LogP contribution in [0, 0.1) is 5.82 Å². The van der Waals surface area contributed by atoms with Crippen molar-refractivity contribution in [2.75, 3.05) is 12.8 Å². The Morgan fingerprint density at radius 2 is 2.15 bits per heavy atom. The molecule has 0 bridgehead atoms. The minimum atomic E-state index is -3.93. The number of aliphatic hydroxyl groups excluding tert-OH is 1. The molecule has 0 saturated heterocycles. The van der Waals surface area contributed by atoms with Crippen molar-refractivity contribution in [2.45, 2.75) is 29.1 Å². The fourth-order valence-corrected chi connectivity index (χ4v) is 4.57. The maximum atomic E-state index is 14.1. The second kappa shape index (κ2) is 5.92. The van der Waals surface area contributed by atoms with Gasteiger partial charge in [-0.25, -0.2) is 17.5 Å². The van der Waals surface area contributed by atoms with E-state index in [0.29, 0.717) is 4.47 Å². The Hall–Kier alpha value is -0.150. The summed E-state index contributed by atoms with van der Waals surface area (Å²) >= 11 is 4.74. The largest absolute Gasteiger partial charge is 0.392 e. The number of aliphatic hydroxyl groups is 1. The van der Waals surface area contributed by atoms with E-state index in [1.165, 1.54) is 12.1 Å². The van der Waals surface area contributed by atoms with E-state index in [4.69, 9.17) is 5.11 Å². The van der Waals surface area contributed by atoms with Crippen LogP contribution in [0.4, 0.5) is 4.39 Å². The van der Waals surface area contributed by atoms with E-state index in [1.54, 1.807) is 11.8 Å². The first-order valence-corrected chi connectivity index (χ1v) is 9.47. The molecule has 1 aliphatic carbocycles. The van der Waals surface area contributed by atoms with Gasteiger partial charge in [0.15, 0.2) is 0 Å². The predicted molar refractivity (Wildman–Crippen MR) is 80.7 cm³/mol. The lowest BCUT2D eigenvalue weighted by atomic mass is 10.2. The fraction of sp³-hybridized carbons (Fsp3) is 0.500. The molecule has 0 radical (unpaired) electrons. The van der Waals surface area contributed by atoms with Crippen LogP contribution in [0.5, 0.6) is 0 Å². The van der Waals surface area contributed by atoms with Crippen LogP contribution >= 0.6 is 27.7 Å². The van der Waals surface area contributed by atoms with Crippen LogP contribution in [0.2, 0.25) is 0 Å². The molecule has 8 heteroatoms. The zero-order valence-corrected chi connectivity index (χ0v) is 14.0. The molecule has 2 rings (SSSR count). The minimum Gasteiger partial charge on any atom is -0.392 e. The highest BCUT2D eigenvalue weighted by Gasteiger charge is 2.42. The van der Waals surface area contributed by atoms with Crippen molar-refractivity contribution < 1.29 is 17.9 Å². The van der Waals surface area contributed by atoms with Gasteiger partial charge in [-0.05, 0) is 31.2 Å². The lowest BCUT2D eigenvalue weighted by Crippen LogP contribution is -2.32. The number of benzene rings is 1. The summed E-state index contributed by atoms with van der Waals surface area (Å²) in [7, 11) is -3.93. The lowest BCUT2D eigenvalue weighted by molar-refractivity contribution is 0.274. The Balaban J connectivity index is 2.27. The summed E-state index contributed by atoms with van der Waals surface area (Å²) in [6.07, 6.45) is 3.85. The van der Waals surface area contributed by atoms with Gasteiger partial charge in [-0.1, -0.05) is 15.9 Å². The molecule has 0 heterocycles. The highest BCUT2D eigenvalue weighted by atomic mass is 79.9. The molecule has 20 heavy (non-hydrogen) atoms. The maximum absolute atomic E-state index is 14.1. The molecular weight excluding hydrogens is 369 g/mol. The number of thioether (sulfide) groups is 1. The van der Waals surface area contributed by atoms with Crippen molar-refractivity contribution in [1.82, 2.24) is 4.72 Å². The second-order valence-corrected chi connectivity index (χ2v) is 8.67. The summed E-state index contributed by atoms with van der Waals surface area (Å²) in [5.74, 6) is -0.905. The van der Waals surface area contributed by atoms with Gasteiger partial charge < -0.3 is 5.11 Å². The normalized spacial score (nSPS) is 17.2. The van der Waals surface area contributed by atoms with Crippen LogP contribution in [-0.4, -0.2) is 31.1 Å². The van der Waals surface area contributed by atoms with E-state index in [2.05, 4.69) is 20.7 Å². The van der Waals surface area contributed by atoms with E-state index in [0.717, 1.165) is 12.8 Å². The summed E-state index contributed by atoms with van der Waals surface area (Å²) in [6, 6.07) is 2.56. The molecule has 1 aromatic carbocycles. The monoisotopic (exact) mass is 383 g/mol. The molecular formula is C12H15BrFNO3S2. The number of halogens is 2. The van der Waals surface area contributed by atoms with Gasteiger partial charge in [0.1, 0.15) is 10.7 Å². The van der Waals surface area contributed by atoms with E-state index < -0.39 is 27.3 Å². The first kappa shape index (κ1) is 16.2. The number of hydrogen-bond donors (Lipinski definition) is 2. The molecule has 112 valence electrons. The molecule has 0 unspecified atom stereocenters. The number of rotatable bonds is 6. The average molecular weight is 384 g/mol. The zero-order valence-electron chi connectivity index (χ0n) is 10.8. The van der Waals surface area contributed by atoms with Crippen LogP contribution in [0.3, 0.4) is 0 Å². The van der Waals surface area contributed by atoms with Crippen LogP contribution < -0.4 is 4.72 Å². The van der Waals surface area contributed by atoms with Gasteiger partial charge in [-0.3, -0.25) is 0 Å². The SMILES string of the molecule is CSC1(CNS(=O)(=O)c2cc(Br)cc(CO)c2F)CC1. The topological polar surface area (TPSA) is 66.4 Å². The van der Waals surface area contributed by atoms with Crippen LogP contribution in [-0.2, 0) is 16.6 Å². The standard InChI is InChI=1S/C12H15BrFNO3S2/c1-19-12(2-3-12)7-15-20(17,18)10-5-9(13)4-8(6-16)11(10)14/h4-5,15-16H,2-3,6-7H2,1H3. The van der Waals surface area contributed by atoms with Crippen molar-refractivity contribution >= 4 is 37.7 Å². The van der Waals surface area contributed by atoms with E-state index in [9.17, 15) is 12.8 Å². The van der Waals surface area contributed by atoms with Crippen molar-refractivity contribution in [2.24, 2.45) is 0 Å². The van der Waals surface area contributed by atoms with E-state index in [1.807, 2.05) is 6.26 Å². The Kier molecular flexibility index (Phi) is 4.80. The molecule has 0 atom stereocenters. The lowest BCUT2D eigenvalue weighted by Gasteiger charge is -2.14. The highest BCUT2D eigenvalue weighted by molar-refractivity contribution is 9.10. The third kappa shape index (κ3) is 3.36. The third-order valence-electron chi connectivity index (χ3n) is 3.36. The molecule has 0 spiro atoms. The quantitative estimate of drug-likeness (QED) is 0.790. The molecule has 2 N–H and O–H groups in total. The zero-order chi connectivity index (χ0) is 15.0. The third-order valence-corrected chi connectivity index (χ3v) is 6.64. The van der Waals surface area contributed by atoms with Crippen LogP contribution in [0.1, 0.15) is 18.4 Å². The first-order chi connectivity index (χ1) is 9.33. The van der Waals surface area contributed by atoms with Crippen molar-refractivity contribution in [3.8, 4) is 0 Å². The van der Waals surface area contributed by atoms with Gasteiger partial charge in [-0.15, -0.1) is 0 Å². The molecule has 1 fully saturated rings. The van der Waals surface area contributed by atoms with Gasteiger partial charge in [0.2, 0.25) is 10.0 Å². The Bertz CT molecular complexity index is 617. The van der Waals surface area contributed by atoms with Gasteiger partial charge in [0, 0.05) is 21.3 Å². The number of hydrogen-bond acceptors (Lipinski definition) is 4. The Morgan fingerprint density at radius 3 is 2.65 bits per heavy atom. The maximum Gasteiger partial charge on any atom is 0.243 e. The fourth-order valence-electron chi connectivity index (χ4n) is 1.83. The van der Waals surface area contributed by atoms with E-state index >= 15 is 0 Å². The van der Waals surface area contributed by atoms with E-state index in [-0.39, 0.29) is 16.9 Å². The smallest absolute Gasteiger partial charge is 0.243 e. The molecule has 0 aromatic heterocycles. The number of nitrogens with one attached hydrogen (secondary N) is 1. The van der Waals surface area contributed by atoms with Crippen LogP contribution in [0.25, 0.3) is 0 Å². The Morgan fingerprint density at radius 1 is 1.50 bits per heavy atom. The molecule has 4 nitrogen and oxygen atoms in total. The van der Waals surface area contributed by atoms with Gasteiger partial charge in [0.25, 0.3) is 0 Å². The summed E-state index contributed by atoms with van der Waals surface area (Å²) in [5, 5.41) is 9.06. The molecule has 0 amide bonds.